The van der Waals surface area contributed by atoms with Gasteiger partial charge in [0.05, 0.1) is 17.5 Å². The Labute approximate surface area is 143 Å². The van der Waals surface area contributed by atoms with Crippen LogP contribution in [0.25, 0.3) is 11.6 Å². The summed E-state index contributed by atoms with van der Waals surface area (Å²) in [5, 5.41) is 0. The van der Waals surface area contributed by atoms with Crippen molar-refractivity contribution in [2.45, 2.75) is 26.4 Å². The highest BCUT2D eigenvalue weighted by atomic mass is 19.1. The molecule has 0 atom stereocenters. The lowest BCUT2D eigenvalue weighted by atomic mass is 10.1. The first-order chi connectivity index (χ1) is 12.1. The molecule has 0 amide bonds. The minimum absolute atomic E-state index is 0.144. The second-order valence-electron chi connectivity index (χ2n) is 6.23. The average molecular weight is 340 g/mol. The molecule has 6 nitrogen and oxygen atoms in total. The molecule has 7 heteroatoms. The predicted molar refractivity (Wildman–Crippen MR) is 89.3 cm³/mol. The van der Waals surface area contributed by atoms with Crippen molar-refractivity contribution >= 4 is 0 Å². The Morgan fingerprint density at radius 1 is 1.44 bits per heavy atom. The van der Waals surface area contributed by atoms with Gasteiger partial charge in [0.25, 0.3) is 5.56 Å². The van der Waals surface area contributed by atoms with Gasteiger partial charge in [-0.05, 0) is 30.7 Å². The third-order valence-electron chi connectivity index (χ3n) is 4.38. The number of rotatable bonds is 3. The van der Waals surface area contributed by atoms with E-state index in [1.165, 1.54) is 0 Å². The lowest BCUT2D eigenvalue weighted by molar-refractivity contribution is 0.241. The summed E-state index contributed by atoms with van der Waals surface area (Å²) >= 11 is 0. The van der Waals surface area contributed by atoms with E-state index in [-0.39, 0.29) is 5.56 Å². The number of aromatic amines is 1. The van der Waals surface area contributed by atoms with E-state index < -0.39 is 5.95 Å². The molecule has 1 aliphatic heterocycles. The highest BCUT2D eigenvalue weighted by Crippen LogP contribution is 2.20. The summed E-state index contributed by atoms with van der Waals surface area (Å²) in [5.74, 6) is 0.564. The van der Waals surface area contributed by atoms with Crippen molar-refractivity contribution in [1.29, 1.82) is 0 Å². The van der Waals surface area contributed by atoms with Gasteiger partial charge in [0.2, 0.25) is 5.95 Å². The lowest BCUT2D eigenvalue weighted by Crippen LogP contribution is -2.35. The molecule has 0 aromatic carbocycles. The zero-order valence-electron chi connectivity index (χ0n) is 13.8. The van der Waals surface area contributed by atoms with E-state index in [4.69, 9.17) is 4.42 Å². The van der Waals surface area contributed by atoms with Gasteiger partial charge in [-0.2, -0.15) is 4.39 Å². The first-order valence-corrected chi connectivity index (χ1v) is 8.09. The molecular weight excluding hydrogens is 323 g/mol. The van der Waals surface area contributed by atoms with E-state index in [2.05, 4.69) is 19.9 Å². The van der Waals surface area contributed by atoms with Gasteiger partial charge in [-0.25, -0.2) is 9.97 Å². The van der Waals surface area contributed by atoms with E-state index in [1.807, 2.05) is 0 Å². The molecule has 4 rings (SSSR count). The predicted octanol–water partition coefficient (Wildman–Crippen LogP) is 2.43. The van der Waals surface area contributed by atoms with E-state index in [1.54, 1.807) is 37.6 Å². The van der Waals surface area contributed by atoms with Crippen LogP contribution in [0.5, 0.6) is 0 Å². The van der Waals surface area contributed by atoms with Crippen molar-refractivity contribution < 1.29 is 8.81 Å². The Hall–Kier alpha value is -2.80. The molecule has 0 radical (unpaired) electrons. The number of H-pyrrole nitrogens is 1. The van der Waals surface area contributed by atoms with E-state index in [9.17, 15) is 9.18 Å². The molecule has 3 aromatic rings. The Kier molecular flexibility index (Phi) is 3.93. The minimum Gasteiger partial charge on any atom is -0.461 e. The number of furan rings is 1. The molecule has 0 aliphatic carbocycles. The van der Waals surface area contributed by atoms with Crippen LogP contribution in [0.4, 0.5) is 4.39 Å². The lowest BCUT2D eigenvalue weighted by Gasteiger charge is -2.27. The van der Waals surface area contributed by atoms with Crippen LogP contribution in [-0.4, -0.2) is 26.4 Å². The van der Waals surface area contributed by atoms with Gasteiger partial charge >= 0.3 is 0 Å². The summed E-state index contributed by atoms with van der Waals surface area (Å²) in [6.45, 7) is 3.60. The van der Waals surface area contributed by atoms with Crippen molar-refractivity contribution in [2.24, 2.45) is 0 Å². The van der Waals surface area contributed by atoms with Crippen molar-refractivity contribution in [3.63, 3.8) is 0 Å². The fourth-order valence-electron chi connectivity index (χ4n) is 3.11. The first-order valence-electron chi connectivity index (χ1n) is 8.09. The summed E-state index contributed by atoms with van der Waals surface area (Å²) in [5.41, 5.74) is 2.79. The van der Waals surface area contributed by atoms with Crippen LogP contribution in [0.15, 0.2) is 39.9 Å². The molecule has 1 N–H and O–H groups in total. The molecule has 3 aromatic heterocycles. The van der Waals surface area contributed by atoms with Gasteiger partial charge in [0, 0.05) is 37.8 Å². The number of pyridine rings is 1. The number of hydrogen-bond acceptors (Lipinski definition) is 5. The first kappa shape index (κ1) is 15.7. The summed E-state index contributed by atoms with van der Waals surface area (Å²) in [6.07, 6.45) is 3.77. The summed E-state index contributed by atoms with van der Waals surface area (Å²) < 4.78 is 18.6. The maximum absolute atomic E-state index is 13.3. The number of fused-ring (bicyclic) bond motifs is 1. The van der Waals surface area contributed by atoms with Crippen LogP contribution in [0, 0.1) is 12.9 Å². The molecule has 0 unspecified atom stereocenters. The number of hydrogen-bond donors (Lipinski definition) is 1. The van der Waals surface area contributed by atoms with Crippen molar-refractivity contribution in [3.05, 3.63) is 69.3 Å². The third-order valence-corrected chi connectivity index (χ3v) is 4.38. The van der Waals surface area contributed by atoms with Crippen LogP contribution in [0.2, 0.25) is 0 Å². The average Bonchev–Trinajstić information content (AvgIpc) is 3.13. The van der Waals surface area contributed by atoms with Gasteiger partial charge in [-0.15, -0.1) is 0 Å². The van der Waals surface area contributed by atoms with Crippen LogP contribution in [0.3, 0.4) is 0 Å². The van der Waals surface area contributed by atoms with E-state index >= 15 is 0 Å². The van der Waals surface area contributed by atoms with Gasteiger partial charge < -0.3 is 9.40 Å². The van der Waals surface area contributed by atoms with Gasteiger partial charge in [-0.3, -0.25) is 9.69 Å². The van der Waals surface area contributed by atoms with Crippen LogP contribution in [0.1, 0.15) is 22.4 Å². The Morgan fingerprint density at radius 2 is 2.32 bits per heavy atom. The number of nitrogens with zero attached hydrogens (tertiary/aromatic N) is 3. The van der Waals surface area contributed by atoms with Gasteiger partial charge in [0.1, 0.15) is 0 Å². The quantitative estimate of drug-likeness (QED) is 0.741. The van der Waals surface area contributed by atoms with Crippen LogP contribution >= 0.6 is 0 Å². The highest BCUT2D eigenvalue weighted by molar-refractivity contribution is 5.47. The van der Waals surface area contributed by atoms with Gasteiger partial charge in [-0.1, -0.05) is 0 Å². The van der Waals surface area contributed by atoms with Crippen molar-refractivity contribution in [1.82, 2.24) is 19.9 Å². The molecule has 0 fully saturated rings. The zero-order valence-corrected chi connectivity index (χ0v) is 13.8. The van der Waals surface area contributed by atoms with Crippen LogP contribution in [-0.2, 0) is 19.5 Å². The summed E-state index contributed by atoms with van der Waals surface area (Å²) in [6, 6.07) is 5.32. The third kappa shape index (κ3) is 3.10. The molecule has 1 aliphatic rings. The Balaban J connectivity index is 1.57. The number of aromatic nitrogens is 3. The van der Waals surface area contributed by atoms with Crippen molar-refractivity contribution in [3.8, 4) is 11.6 Å². The molecule has 0 spiro atoms. The topological polar surface area (TPSA) is 75.0 Å². The number of nitrogens with one attached hydrogen (secondary N) is 1. The van der Waals surface area contributed by atoms with Gasteiger partial charge in [0.15, 0.2) is 11.6 Å². The second-order valence-corrected chi connectivity index (χ2v) is 6.23. The monoisotopic (exact) mass is 340 g/mol. The summed E-state index contributed by atoms with van der Waals surface area (Å²) in [7, 11) is 0. The maximum atomic E-state index is 13.3. The van der Waals surface area contributed by atoms with E-state index in [0.29, 0.717) is 42.2 Å². The maximum Gasteiger partial charge on any atom is 0.256 e. The molecule has 0 saturated carbocycles. The number of halogens is 1. The fraction of sp³-hybridized carbons (Fsp3) is 0.278. The van der Waals surface area contributed by atoms with Crippen LogP contribution < -0.4 is 5.56 Å². The SMILES string of the molecule is Cc1cc(CN2CCc3nc(-c4ccco4)[nH]c(=O)c3C2)cnc1F. The molecule has 0 saturated heterocycles. The largest absolute Gasteiger partial charge is 0.461 e. The molecular formula is C18H17FN4O2. The minimum atomic E-state index is -0.446. The second kappa shape index (κ2) is 6.25. The molecule has 128 valence electrons. The Bertz CT molecular complexity index is 966. The Morgan fingerprint density at radius 3 is 3.08 bits per heavy atom. The standard InChI is InChI=1S/C18H17FN4O2/c1-11-7-12(8-20-16(11)19)9-23-5-4-14-13(10-23)18(24)22-17(21-14)15-3-2-6-25-15/h2-3,6-8H,4-5,9-10H2,1H3,(H,21,22,24). The highest BCUT2D eigenvalue weighted by Gasteiger charge is 2.22. The molecule has 4 heterocycles. The fourth-order valence-corrected chi connectivity index (χ4v) is 3.11. The summed E-state index contributed by atoms with van der Waals surface area (Å²) in [4.78, 5) is 25.7. The van der Waals surface area contributed by atoms with E-state index in [0.717, 1.165) is 17.8 Å². The zero-order chi connectivity index (χ0) is 17.4. The normalized spacial score (nSPS) is 14.5. The molecule has 25 heavy (non-hydrogen) atoms. The molecule has 0 bridgehead atoms. The number of aryl methyl sites for hydroxylation is 1. The smallest absolute Gasteiger partial charge is 0.256 e. The van der Waals surface area contributed by atoms with Crippen molar-refractivity contribution in [2.75, 3.05) is 6.54 Å².